The fourth-order valence-electron chi connectivity index (χ4n) is 1.13. The number of rotatable bonds is 4. The van der Waals surface area contributed by atoms with Gasteiger partial charge >= 0.3 is 0 Å². The predicted octanol–water partition coefficient (Wildman–Crippen LogP) is 1.61. The van der Waals surface area contributed by atoms with E-state index in [1.165, 1.54) is 0 Å². The standard InChI is InChI=1S/C9H11NO3/c1-13-7-9-4-2-3-8(5-9)6-10(11)12/h2-5H,6-7H2,1H3. The molecule has 0 saturated heterocycles. The molecule has 4 heteroatoms. The number of hydrogen-bond acceptors (Lipinski definition) is 3. The average molecular weight is 181 g/mol. The van der Waals surface area contributed by atoms with Crippen LogP contribution in [0, 0.1) is 10.1 Å². The predicted molar refractivity (Wildman–Crippen MR) is 47.9 cm³/mol. The summed E-state index contributed by atoms with van der Waals surface area (Å²) in [4.78, 5) is 9.87. The largest absolute Gasteiger partial charge is 0.380 e. The SMILES string of the molecule is COCc1cccc(C[N+](=O)[O-])c1. The van der Waals surface area contributed by atoms with Gasteiger partial charge in [0, 0.05) is 17.6 Å². The van der Waals surface area contributed by atoms with Crippen LogP contribution in [0.15, 0.2) is 24.3 Å². The topological polar surface area (TPSA) is 52.4 Å². The zero-order chi connectivity index (χ0) is 9.68. The third kappa shape index (κ3) is 3.21. The number of methoxy groups -OCH3 is 1. The zero-order valence-corrected chi connectivity index (χ0v) is 7.40. The van der Waals surface area contributed by atoms with Crippen LogP contribution in [0.1, 0.15) is 11.1 Å². The summed E-state index contributed by atoms with van der Waals surface area (Å²) in [7, 11) is 1.60. The third-order valence-electron chi connectivity index (χ3n) is 1.61. The first-order valence-corrected chi connectivity index (χ1v) is 3.91. The highest BCUT2D eigenvalue weighted by atomic mass is 16.6. The molecule has 70 valence electrons. The summed E-state index contributed by atoms with van der Waals surface area (Å²) in [6.07, 6.45) is 0. The normalized spacial score (nSPS) is 9.92. The van der Waals surface area contributed by atoms with Crippen molar-refractivity contribution in [3.05, 3.63) is 45.5 Å². The molecule has 0 heterocycles. The molecule has 0 aliphatic heterocycles. The number of nitrogens with zero attached hydrogens (tertiary/aromatic N) is 1. The van der Waals surface area contributed by atoms with E-state index in [-0.39, 0.29) is 11.5 Å². The highest BCUT2D eigenvalue weighted by Gasteiger charge is 2.01. The van der Waals surface area contributed by atoms with Crippen LogP contribution in [0.2, 0.25) is 0 Å². The second kappa shape index (κ2) is 4.57. The summed E-state index contributed by atoms with van der Waals surface area (Å²) in [5.74, 6) is 0. The molecule has 0 atom stereocenters. The average Bonchev–Trinajstić information content (AvgIpc) is 2.04. The van der Waals surface area contributed by atoms with E-state index in [4.69, 9.17) is 4.74 Å². The van der Waals surface area contributed by atoms with E-state index < -0.39 is 0 Å². The van der Waals surface area contributed by atoms with Crippen molar-refractivity contribution in [1.29, 1.82) is 0 Å². The Hall–Kier alpha value is -1.42. The lowest BCUT2D eigenvalue weighted by molar-refractivity contribution is -0.496. The van der Waals surface area contributed by atoms with E-state index in [0.29, 0.717) is 12.2 Å². The maximum Gasteiger partial charge on any atom is 0.228 e. The van der Waals surface area contributed by atoms with E-state index in [1.54, 1.807) is 25.3 Å². The van der Waals surface area contributed by atoms with Crippen LogP contribution in [0.25, 0.3) is 0 Å². The molecule has 0 fully saturated rings. The monoisotopic (exact) mass is 181 g/mol. The highest BCUT2D eigenvalue weighted by molar-refractivity contribution is 5.22. The van der Waals surface area contributed by atoms with Gasteiger partial charge < -0.3 is 4.74 Å². The number of benzene rings is 1. The van der Waals surface area contributed by atoms with Crippen molar-refractivity contribution in [1.82, 2.24) is 0 Å². The lowest BCUT2D eigenvalue weighted by Gasteiger charge is -2.00. The minimum atomic E-state index is -0.341. The van der Waals surface area contributed by atoms with Crippen molar-refractivity contribution in [2.24, 2.45) is 0 Å². The van der Waals surface area contributed by atoms with Crippen LogP contribution < -0.4 is 0 Å². The summed E-state index contributed by atoms with van der Waals surface area (Å²) < 4.78 is 4.92. The summed E-state index contributed by atoms with van der Waals surface area (Å²) in [6, 6.07) is 7.20. The molecule has 4 nitrogen and oxygen atoms in total. The Kier molecular flexibility index (Phi) is 3.40. The van der Waals surface area contributed by atoms with Gasteiger partial charge in [0.25, 0.3) is 0 Å². The highest BCUT2D eigenvalue weighted by Crippen LogP contribution is 2.06. The van der Waals surface area contributed by atoms with Crippen molar-refractivity contribution in [2.45, 2.75) is 13.2 Å². The van der Waals surface area contributed by atoms with Gasteiger partial charge in [-0.25, -0.2) is 0 Å². The molecule has 0 aromatic heterocycles. The zero-order valence-electron chi connectivity index (χ0n) is 7.40. The molecule has 13 heavy (non-hydrogen) atoms. The fraction of sp³-hybridized carbons (Fsp3) is 0.333. The van der Waals surface area contributed by atoms with E-state index >= 15 is 0 Å². The Labute approximate surface area is 76.3 Å². The molecule has 1 rings (SSSR count). The summed E-state index contributed by atoms with van der Waals surface area (Å²) in [5.41, 5.74) is 1.67. The molecular formula is C9H11NO3. The Morgan fingerprint density at radius 1 is 1.46 bits per heavy atom. The van der Waals surface area contributed by atoms with Crippen molar-refractivity contribution >= 4 is 0 Å². The van der Waals surface area contributed by atoms with Gasteiger partial charge in [0.2, 0.25) is 6.54 Å². The smallest absolute Gasteiger partial charge is 0.228 e. The minimum absolute atomic E-state index is 0.127. The van der Waals surface area contributed by atoms with Crippen LogP contribution in [-0.4, -0.2) is 12.0 Å². The number of hydrogen-bond donors (Lipinski definition) is 0. The van der Waals surface area contributed by atoms with Crippen molar-refractivity contribution in [2.75, 3.05) is 7.11 Å². The molecule has 0 spiro atoms. The van der Waals surface area contributed by atoms with E-state index in [2.05, 4.69) is 0 Å². The molecule has 0 bridgehead atoms. The summed E-state index contributed by atoms with van der Waals surface area (Å²) in [6.45, 7) is 0.364. The van der Waals surface area contributed by atoms with E-state index in [1.807, 2.05) is 6.07 Å². The summed E-state index contributed by atoms with van der Waals surface area (Å²) in [5, 5.41) is 10.2. The first kappa shape index (κ1) is 9.67. The first-order valence-electron chi connectivity index (χ1n) is 3.91. The van der Waals surface area contributed by atoms with Gasteiger partial charge in [0.15, 0.2) is 0 Å². The summed E-state index contributed by atoms with van der Waals surface area (Å²) >= 11 is 0. The Morgan fingerprint density at radius 2 is 2.15 bits per heavy atom. The van der Waals surface area contributed by atoms with Gasteiger partial charge in [-0.15, -0.1) is 0 Å². The van der Waals surface area contributed by atoms with Gasteiger partial charge in [0.1, 0.15) is 0 Å². The van der Waals surface area contributed by atoms with Crippen LogP contribution in [-0.2, 0) is 17.9 Å². The maximum atomic E-state index is 10.2. The second-order valence-electron chi connectivity index (χ2n) is 2.74. The van der Waals surface area contributed by atoms with Crippen LogP contribution in [0.5, 0.6) is 0 Å². The lowest BCUT2D eigenvalue weighted by atomic mass is 10.1. The maximum absolute atomic E-state index is 10.2. The van der Waals surface area contributed by atoms with Crippen LogP contribution in [0.4, 0.5) is 0 Å². The molecule has 0 aliphatic rings. The lowest BCUT2D eigenvalue weighted by Crippen LogP contribution is -1.99. The van der Waals surface area contributed by atoms with Crippen molar-refractivity contribution < 1.29 is 9.66 Å². The molecule has 0 saturated carbocycles. The van der Waals surface area contributed by atoms with Crippen molar-refractivity contribution in [3.63, 3.8) is 0 Å². The second-order valence-corrected chi connectivity index (χ2v) is 2.74. The minimum Gasteiger partial charge on any atom is -0.380 e. The van der Waals surface area contributed by atoms with Gasteiger partial charge in [-0.05, 0) is 11.6 Å². The molecule has 0 aliphatic carbocycles. The third-order valence-corrected chi connectivity index (χ3v) is 1.61. The van der Waals surface area contributed by atoms with Gasteiger partial charge in [-0.3, -0.25) is 10.1 Å². The fourth-order valence-corrected chi connectivity index (χ4v) is 1.13. The van der Waals surface area contributed by atoms with Crippen LogP contribution >= 0.6 is 0 Å². The Balaban J connectivity index is 2.73. The van der Waals surface area contributed by atoms with Gasteiger partial charge in [-0.1, -0.05) is 18.2 Å². The van der Waals surface area contributed by atoms with Gasteiger partial charge in [-0.2, -0.15) is 0 Å². The molecule has 0 unspecified atom stereocenters. The van der Waals surface area contributed by atoms with Gasteiger partial charge in [0.05, 0.1) is 6.61 Å². The van der Waals surface area contributed by atoms with E-state index in [0.717, 1.165) is 5.56 Å². The molecule has 0 amide bonds. The Morgan fingerprint density at radius 3 is 2.77 bits per heavy atom. The number of nitro groups is 1. The first-order chi connectivity index (χ1) is 6.22. The molecule has 1 aromatic rings. The molecular weight excluding hydrogens is 170 g/mol. The Bertz CT molecular complexity index is 299. The quantitative estimate of drug-likeness (QED) is 0.523. The molecule has 1 aromatic carbocycles. The number of ether oxygens (including phenoxy) is 1. The molecule has 0 radical (unpaired) electrons. The van der Waals surface area contributed by atoms with Crippen LogP contribution in [0.3, 0.4) is 0 Å². The van der Waals surface area contributed by atoms with E-state index in [9.17, 15) is 10.1 Å². The molecule has 0 N–H and O–H groups in total. The van der Waals surface area contributed by atoms with Crippen molar-refractivity contribution in [3.8, 4) is 0 Å².